The summed E-state index contributed by atoms with van der Waals surface area (Å²) in [5.74, 6) is -0.774. The van der Waals surface area contributed by atoms with Crippen molar-refractivity contribution in [3.63, 3.8) is 0 Å². The van der Waals surface area contributed by atoms with Gasteiger partial charge in [0.05, 0.1) is 4.90 Å². The van der Waals surface area contributed by atoms with E-state index >= 15 is 0 Å². The fourth-order valence-electron chi connectivity index (χ4n) is 2.45. The first-order valence-electron chi connectivity index (χ1n) is 8.45. The molecule has 0 unspecified atom stereocenters. The van der Waals surface area contributed by atoms with E-state index in [1.165, 1.54) is 42.5 Å². The molecule has 0 fully saturated rings. The molecule has 144 valence electrons. The van der Waals surface area contributed by atoms with Crippen molar-refractivity contribution in [3.8, 4) is 0 Å². The van der Waals surface area contributed by atoms with Crippen LogP contribution in [0.4, 0.5) is 4.39 Å². The number of nitrogens with zero attached hydrogens (tertiary/aromatic N) is 1. The number of carbonyl (C=O) groups is 1. The predicted molar refractivity (Wildman–Crippen MR) is 102 cm³/mol. The molecule has 0 radical (unpaired) electrons. The van der Waals surface area contributed by atoms with Crippen molar-refractivity contribution in [2.24, 2.45) is 0 Å². The van der Waals surface area contributed by atoms with Gasteiger partial charge in [-0.1, -0.05) is 18.2 Å². The van der Waals surface area contributed by atoms with Crippen molar-refractivity contribution >= 4 is 15.9 Å². The summed E-state index contributed by atoms with van der Waals surface area (Å²) in [5.41, 5.74) is 1.74. The van der Waals surface area contributed by atoms with E-state index in [0.29, 0.717) is 12.1 Å². The van der Waals surface area contributed by atoms with Gasteiger partial charge in [0.1, 0.15) is 5.82 Å². The minimum atomic E-state index is -3.82. The number of sulfonamides is 1. The average Bonchev–Trinajstić information content (AvgIpc) is 2.72. The highest BCUT2D eigenvalue weighted by atomic mass is 32.2. The molecule has 0 spiro atoms. The summed E-state index contributed by atoms with van der Waals surface area (Å²) in [6.45, 7) is 0.322. The molecule has 0 atom stereocenters. The lowest BCUT2D eigenvalue weighted by Crippen LogP contribution is -2.25. The second kappa shape index (κ2) is 8.73. The van der Waals surface area contributed by atoms with Crippen molar-refractivity contribution in [3.05, 3.63) is 95.6 Å². The van der Waals surface area contributed by atoms with E-state index in [0.717, 1.165) is 5.56 Å². The van der Waals surface area contributed by atoms with Gasteiger partial charge in [0.25, 0.3) is 5.91 Å². The molecule has 8 heteroatoms. The summed E-state index contributed by atoms with van der Waals surface area (Å²) < 4.78 is 40.4. The Hall–Kier alpha value is -3.10. The number of carbonyl (C=O) groups excluding carboxylic acids is 1. The number of benzene rings is 2. The lowest BCUT2D eigenvalue weighted by molar-refractivity contribution is 0.0950. The largest absolute Gasteiger partial charge is 0.348 e. The van der Waals surface area contributed by atoms with Gasteiger partial charge in [-0.25, -0.2) is 17.5 Å². The quantitative estimate of drug-likeness (QED) is 0.639. The van der Waals surface area contributed by atoms with Gasteiger partial charge in [-0.3, -0.25) is 9.78 Å². The van der Waals surface area contributed by atoms with E-state index in [-0.39, 0.29) is 22.9 Å². The molecule has 1 aromatic heterocycles. The molecule has 0 aliphatic rings. The minimum absolute atomic E-state index is 0.0150. The zero-order valence-corrected chi connectivity index (χ0v) is 15.6. The molecule has 1 amide bonds. The van der Waals surface area contributed by atoms with Crippen LogP contribution in [0.1, 0.15) is 21.5 Å². The SMILES string of the molecule is O=C(NCc1ccncc1)c1cccc(S(=O)(=O)NCc2ccc(F)cc2)c1. The third-order valence-electron chi connectivity index (χ3n) is 3.99. The van der Waals surface area contributed by atoms with Gasteiger partial charge >= 0.3 is 0 Å². The van der Waals surface area contributed by atoms with E-state index in [1.54, 1.807) is 30.6 Å². The number of rotatable bonds is 7. The van der Waals surface area contributed by atoms with Crippen LogP contribution in [0, 0.1) is 5.82 Å². The van der Waals surface area contributed by atoms with E-state index in [4.69, 9.17) is 0 Å². The van der Waals surface area contributed by atoms with E-state index in [1.807, 2.05) is 0 Å². The maximum Gasteiger partial charge on any atom is 0.251 e. The van der Waals surface area contributed by atoms with Gasteiger partial charge in [0.15, 0.2) is 0 Å². The number of hydrogen-bond acceptors (Lipinski definition) is 4. The molecule has 0 aliphatic carbocycles. The zero-order valence-electron chi connectivity index (χ0n) is 14.8. The average molecular weight is 399 g/mol. The van der Waals surface area contributed by atoms with E-state index in [2.05, 4.69) is 15.0 Å². The Balaban J connectivity index is 1.67. The Morgan fingerprint density at radius 3 is 2.32 bits per heavy atom. The normalized spacial score (nSPS) is 11.2. The first kappa shape index (κ1) is 19.7. The number of amides is 1. The molecule has 0 saturated heterocycles. The fraction of sp³-hybridized carbons (Fsp3) is 0.100. The number of pyridine rings is 1. The topological polar surface area (TPSA) is 88.2 Å². The van der Waals surface area contributed by atoms with Gasteiger partial charge in [-0.2, -0.15) is 0 Å². The molecule has 2 aromatic carbocycles. The van der Waals surface area contributed by atoms with Crippen LogP contribution in [-0.4, -0.2) is 19.3 Å². The number of aromatic nitrogens is 1. The molecular formula is C20H18FN3O3S. The Labute approximate surface area is 162 Å². The third kappa shape index (κ3) is 5.21. The molecule has 0 aliphatic heterocycles. The van der Waals surface area contributed by atoms with Gasteiger partial charge in [-0.05, 0) is 53.6 Å². The Bertz CT molecular complexity index is 1060. The monoisotopic (exact) mass is 399 g/mol. The maximum atomic E-state index is 12.9. The van der Waals surface area contributed by atoms with Crippen molar-refractivity contribution in [2.75, 3.05) is 0 Å². The second-order valence-electron chi connectivity index (χ2n) is 6.02. The summed E-state index contributed by atoms with van der Waals surface area (Å²) >= 11 is 0. The van der Waals surface area contributed by atoms with Gasteiger partial charge in [-0.15, -0.1) is 0 Å². The maximum absolute atomic E-state index is 12.9. The molecule has 1 heterocycles. The van der Waals surface area contributed by atoms with Crippen molar-refractivity contribution in [1.82, 2.24) is 15.0 Å². The lowest BCUT2D eigenvalue weighted by atomic mass is 10.2. The van der Waals surface area contributed by atoms with Crippen molar-refractivity contribution in [2.45, 2.75) is 18.0 Å². The summed E-state index contributed by atoms with van der Waals surface area (Å²) in [4.78, 5) is 16.2. The highest BCUT2D eigenvalue weighted by Gasteiger charge is 2.16. The fourth-order valence-corrected chi connectivity index (χ4v) is 3.52. The molecule has 6 nitrogen and oxygen atoms in total. The summed E-state index contributed by atoms with van der Waals surface area (Å²) in [7, 11) is -3.82. The van der Waals surface area contributed by atoms with Crippen LogP contribution in [0.5, 0.6) is 0 Å². The number of hydrogen-bond donors (Lipinski definition) is 2. The molecule has 3 aromatic rings. The number of halogens is 1. The highest BCUT2D eigenvalue weighted by molar-refractivity contribution is 7.89. The Morgan fingerprint density at radius 1 is 0.929 bits per heavy atom. The van der Waals surface area contributed by atoms with Crippen LogP contribution in [0.3, 0.4) is 0 Å². The first-order chi connectivity index (χ1) is 13.4. The summed E-state index contributed by atoms with van der Waals surface area (Å²) in [6, 6.07) is 14.9. The van der Waals surface area contributed by atoms with Crippen LogP contribution in [0.25, 0.3) is 0 Å². The molecule has 28 heavy (non-hydrogen) atoms. The lowest BCUT2D eigenvalue weighted by Gasteiger charge is -2.09. The summed E-state index contributed by atoms with van der Waals surface area (Å²) in [6.07, 6.45) is 3.25. The molecule has 3 rings (SSSR count). The van der Waals surface area contributed by atoms with Crippen LogP contribution >= 0.6 is 0 Å². The van der Waals surface area contributed by atoms with Gasteiger partial charge in [0.2, 0.25) is 10.0 Å². The van der Waals surface area contributed by atoms with Crippen molar-refractivity contribution in [1.29, 1.82) is 0 Å². The Morgan fingerprint density at radius 2 is 1.61 bits per heavy atom. The minimum Gasteiger partial charge on any atom is -0.348 e. The zero-order chi connectivity index (χ0) is 20.0. The smallest absolute Gasteiger partial charge is 0.251 e. The van der Waals surface area contributed by atoms with E-state index in [9.17, 15) is 17.6 Å². The van der Waals surface area contributed by atoms with Crippen LogP contribution in [0.15, 0.2) is 78.0 Å². The Kier molecular flexibility index (Phi) is 6.13. The van der Waals surface area contributed by atoms with Crippen LogP contribution in [0.2, 0.25) is 0 Å². The first-order valence-corrected chi connectivity index (χ1v) is 9.94. The van der Waals surface area contributed by atoms with E-state index < -0.39 is 15.8 Å². The van der Waals surface area contributed by atoms with Crippen molar-refractivity contribution < 1.29 is 17.6 Å². The van der Waals surface area contributed by atoms with Gasteiger partial charge in [0, 0.05) is 31.0 Å². The summed E-state index contributed by atoms with van der Waals surface area (Å²) in [5, 5.41) is 2.74. The predicted octanol–water partition coefficient (Wildman–Crippen LogP) is 2.63. The van der Waals surface area contributed by atoms with Crippen LogP contribution in [-0.2, 0) is 23.1 Å². The highest BCUT2D eigenvalue weighted by Crippen LogP contribution is 2.13. The molecule has 0 saturated carbocycles. The van der Waals surface area contributed by atoms with Crippen LogP contribution < -0.4 is 10.0 Å². The molecule has 2 N–H and O–H groups in total. The third-order valence-corrected chi connectivity index (χ3v) is 5.39. The second-order valence-corrected chi connectivity index (χ2v) is 7.78. The number of nitrogens with one attached hydrogen (secondary N) is 2. The van der Waals surface area contributed by atoms with Gasteiger partial charge < -0.3 is 5.32 Å². The standard InChI is InChI=1S/C20H18FN3O3S/c21-18-6-4-15(5-7-18)14-24-28(26,27)19-3-1-2-17(12-19)20(25)23-13-16-8-10-22-11-9-16/h1-12,24H,13-14H2,(H,23,25). The molecule has 0 bridgehead atoms. The molecular weight excluding hydrogens is 381 g/mol.